The van der Waals surface area contributed by atoms with Gasteiger partial charge in [-0.25, -0.2) is 17.6 Å². The van der Waals surface area contributed by atoms with Crippen LogP contribution in [0.1, 0.15) is 0 Å². The summed E-state index contributed by atoms with van der Waals surface area (Å²) in [5.41, 5.74) is 0. The van der Waals surface area contributed by atoms with Gasteiger partial charge in [0.1, 0.15) is 0 Å². The largest absolute Gasteiger partial charge is 0.314 e. The molecule has 0 bridgehead atoms. The van der Waals surface area contributed by atoms with Crippen LogP contribution in [-0.4, -0.2) is 24.7 Å². The number of halogens is 6. The fourth-order valence-electron chi connectivity index (χ4n) is 0.341. The van der Waals surface area contributed by atoms with E-state index in [0.29, 0.717) is 0 Å². The topological polar surface area (TPSA) is 0 Å². The molecule has 0 aliphatic rings. The molecule has 0 aromatic carbocycles. The second-order valence-corrected chi connectivity index (χ2v) is 1.88. The Morgan fingerprint density at radius 1 is 1.00 bits per heavy atom. The molecule has 0 aromatic rings. The lowest BCUT2D eigenvalue weighted by atomic mass is 10.1. The Kier molecular flexibility index (Phi) is 3.19. The van der Waals surface area contributed by atoms with Gasteiger partial charge in [-0.15, -0.1) is 0 Å². The molecule has 67 valence electrons. The van der Waals surface area contributed by atoms with Crippen LogP contribution in [0.15, 0.2) is 0 Å². The summed E-state index contributed by atoms with van der Waals surface area (Å²) in [5.74, 6) is -4.71. The Morgan fingerprint density at radius 3 is 1.45 bits per heavy atom. The van der Waals surface area contributed by atoms with Crippen molar-refractivity contribution in [1.29, 1.82) is 0 Å². The summed E-state index contributed by atoms with van der Waals surface area (Å²) in [4.78, 5) is 0. The number of hydrogen-bond acceptors (Lipinski definition) is 0. The maximum atomic E-state index is 11.9. The third-order valence-corrected chi connectivity index (χ3v) is 1.01. The molecular weight excluding hydrogens is 174 g/mol. The van der Waals surface area contributed by atoms with Gasteiger partial charge in [-0.2, -0.15) is 8.78 Å². The molecule has 0 rings (SSSR count). The lowest BCUT2D eigenvalue weighted by Crippen LogP contribution is -2.42. The van der Waals surface area contributed by atoms with Crippen LogP contribution in [-0.2, 0) is 0 Å². The van der Waals surface area contributed by atoms with Crippen LogP contribution in [0.5, 0.6) is 0 Å². The summed E-state index contributed by atoms with van der Waals surface area (Å²) in [7, 11) is 0. The minimum Gasteiger partial charge on any atom is -0.241 e. The minimum atomic E-state index is -4.71. The quantitative estimate of drug-likeness (QED) is 0.583. The standard InChI is InChI=1S/C5H5F6/c1-2(6)5(10,11)3(7)4(8)9/h2-4H,1H2. The SMILES string of the molecule is [CH2]C(F)C(F)(F)C(F)C(F)F. The first-order valence-electron chi connectivity index (χ1n) is 2.57. The molecule has 2 atom stereocenters. The van der Waals surface area contributed by atoms with E-state index in [-0.39, 0.29) is 0 Å². The summed E-state index contributed by atoms with van der Waals surface area (Å²) >= 11 is 0. The molecule has 2 unspecified atom stereocenters. The van der Waals surface area contributed by atoms with Gasteiger partial charge in [-0.1, -0.05) is 0 Å². The molecule has 0 N–H and O–H groups in total. The zero-order chi connectivity index (χ0) is 9.23. The third-order valence-electron chi connectivity index (χ3n) is 1.01. The Bertz CT molecular complexity index is 120. The molecule has 6 heteroatoms. The van der Waals surface area contributed by atoms with Crippen molar-refractivity contribution in [3.05, 3.63) is 6.92 Å². The van der Waals surface area contributed by atoms with Crippen molar-refractivity contribution in [2.45, 2.75) is 24.7 Å². The van der Waals surface area contributed by atoms with Crippen molar-refractivity contribution in [1.82, 2.24) is 0 Å². The number of rotatable bonds is 3. The highest BCUT2D eigenvalue weighted by Gasteiger charge is 2.51. The number of alkyl halides is 6. The molecule has 0 fully saturated rings. The first-order valence-corrected chi connectivity index (χ1v) is 2.57. The van der Waals surface area contributed by atoms with E-state index in [1.807, 2.05) is 0 Å². The predicted molar refractivity (Wildman–Crippen MR) is 26.1 cm³/mol. The lowest BCUT2D eigenvalue weighted by molar-refractivity contribution is -0.155. The molecule has 0 aliphatic carbocycles. The van der Waals surface area contributed by atoms with Crippen molar-refractivity contribution >= 4 is 0 Å². The Hall–Kier alpha value is -0.420. The fourth-order valence-corrected chi connectivity index (χ4v) is 0.341. The van der Waals surface area contributed by atoms with Crippen LogP contribution in [0.3, 0.4) is 0 Å². The van der Waals surface area contributed by atoms with E-state index in [4.69, 9.17) is 0 Å². The third kappa shape index (κ3) is 2.27. The van der Waals surface area contributed by atoms with Crippen molar-refractivity contribution in [2.24, 2.45) is 0 Å². The highest BCUT2D eigenvalue weighted by Crippen LogP contribution is 2.31. The minimum absolute atomic E-state index is 2.12. The molecule has 0 spiro atoms. The van der Waals surface area contributed by atoms with Gasteiger partial charge in [0.15, 0.2) is 6.17 Å². The molecule has 0 amide bonds. The molecule has 0 saturated carbocycles. The molecule has 0 aliphatic heterocycles. The van der Waals surface area contributed by atoms with Gasteiger partial charge in [-0.3, -0.25) is 0 Å². The maximum absolute atomic E-state index is 11.9. The van der Waals surface area contributed by atoms with E-state index in [0.717, 1.165) is 0 Å². The van der Waals surface area contributed by atoms with Crippen LogP contribution in [0.4, 0.5) is 26.3 Å². The van der Waals surface area contributed by atoms with Gasteiger partial charge >= 0.3 is 5.92 Å². The molecular formula is C5H5F6. The van der Waals surface area contributed by atoms with Crippen LogP contribution < -0.4 is 0 Å². The second-order valence-electron chi connectivity index (χ2n) is 1.88. The van der Waals surface area contributed by atoms with Gasteiger partial charge in [-0.05, 0) is 6.92 Å². The predicted octanol–water partition coefficient (Wildman–Crippen LogP) is 2.40. The summed E-state index contributed by atoms with van der Waals surface area (Å²) < 4.78 is 69.7. The first kappa shape index (κ1) is 10.6. The number of hydrogen-bond donors (Lipinski definition) is 0. The molecule has 0 aromatic heterocycles. The van der Waals surface area contributed by atoms with Crippen molar-refractivity contribution in [2.75, 3.05) is 0 Å². The zero-order valence-corrected chi connectivity index (χ0v) is 5.21. The lowest BCUT2D eigenvalue weighted by Gasteiger charge is -2.20. The molecule has 1 radical (unpaired) electrons. The maximum Gasteiger partial charge on any atom is 0.314 e. The summed E-state index contributed by atoms with van der Waals surface area (Å²) in [6.45, 7) is 2.12. The van der Waals surface area contributed by atoms with E-state index in [9.17, 15) is 26.3 Å². The van der Waals surface area contributed by atoms with Gasteiger partial charge < -0.3 is 0 Å². The van der Waals surface area contributed by atoms with Gasteiger partial charge in [0.25, 0.3) is 6.43 Å². The van der Waals surface area contributed by atoms with Crippen molar-refractivity contribution in [3.63, 3.8) is 0 Å². The van der Waals surface area contributed by atoms with E-state index in [2.05, 4.69) is 6.92 Å². The monoisotopic (exact) mass is 179 g/mol. The van der Waals surface area contributed by atoms with Crippen LogP contribution >= 0.6 is 0 Å². The highest BCUT2D eigenvalue weighted by molar-refractivity contribution is 4.87. The summed E-state index contributed by atoms with van der Waals surface area (Å²) in [6, 6.07) is 0. The van der Waals surface area contributed by atoms with E-state index in [1.165, 1.54) is 0 Å². The average Bonchev–Trinajstić information content (AvgIpc) is 1.85. The normalized spacial score (nSPS) is 18.5. The Labute approximate surface area is 59.2 Å². The van der Waals surface area contributed by atoms with Crippen molar-refractivity contribution in [3.8, 4) is 0 Å². The molecule has 0 heterocycles. The van der Waals surface area contributed by atoms with Crippen LogP contribution in [0.2, 0.25) is 0 Å². The molecule has 0 saturated heterocycles. The first-order chi connectivity index (χ1) is 4.80. The summed E-state index contributed by atoms with van der Waals surface area (Å²) in [5, 5.41) is 0. The fraction of sp³-hybridized carbons (Fsp3) is 0.800. The van der Waals surface area contributed by atoms with Crippen molar-refractivity contribution < 1.29 is 26.3 Å². The van der Waals surface area contributed by atoms with E-state index in [1.54, 1.807) is 0 Å². The Balaban J connectivity index is 4.29. The molecule has 0 nitrogen and oxygen atoms in total. The summed E-state index contributed by atoms with van der Waals surface area (Å²) in [6.07, 6.45) is -10.9. The highest BCUT2D eigenvalue weighted by atomic mass is 19.3. The van der Waals surface area contributed by atoms with Gasteiger partial charge in [0.05, 0.1) is 0 Å². The van der Waals surface area contributed by atoms with Crippen LogP contribution in [0, 0.1) is 6.92 Å². The second kappa shape index (κ2) is 3.32. The average molecular weight is 179 g/mol. The Morgan fingerprint density at radius 2 is 1.36 bits per heavy atom. The zero-order valence-electron chi connectivity index (χ0n) is 5.21. The van der Waals surface area contributed by atoms with Gasteiger partial charge in [0, 0.05) is 0 Å². The molecule has 11 heavy (non-hydrogen) atoms. The van der Waals surface area contributed by atoms with E-state index < -0.39 is 24.7 Å². The van der Waals surface area contributed by atoms with Gasteiger partial charge in [0.2, 0.25) is 6.17 Å². The van der Waals surface area contributed by atoms with Crippen LogP contribution in [0.25, 0.3) is 0 Å². The smallest absolute Gasteiger partial charge is 0.241 e. The van der Waals surface area contributed by atoms with E-state index >= 15 is 0 Å².